The van der Waals surface area contributed by atoms with Crippen LogP contribution < -0.4 is 4.72 Å². The Balaban J connectivity index is 1.93. The quantitative estimate of drug-likeness (QED) is 0.461. The summed E-state index contributed by atoms with van der Waals surface area (Å²) < 4.78 is 33.0. The number of anilines is 1. The third-order valence-electron chi connectivity index (χ3n) is 5.18. The van der Waals surface area contributed by atoms with Gasteiger partial charge in [0.25, 0.3) is 15.9 Å². The molecular weight excluding hydrogens is 460 g/mol. The largest absolute Gasteiger partial charge is 0.396 e. The number of aliphatic hydroxyl groups excluding tert-OH is 1. The highest BCUT2D eigenvalue weighted by atomic mass is 35.5. The Bertz CT molecular complexity index is 1240. The highest BCUT2D eigenvalue weighted by Gasteiger charge is 2.27. The minimum atomic E-state index is -4.10. The molecule has 166 valence electrons. The van der Waals surface area contributed by atoms with Crippen LogP contribution in [-0.2, 0) is 22.9 Å². The van der Waals surface area contributed by atoms with E-state index in [2.05, 4.69) is 9.88 Å². The number of aliphatic hydroxyl groups is 1. The van der Waals surface area contributed by atoms with E-state index in [0.717, 1.165) is 39.2 Å². The molecule has 10 heteroatoms. The van der Waals surface area contributed by atoms with Crippen LogP contribution in [0.1, 0.15) is 43.2 Å². The molecule has 0 atom stereocenters. The van der Waals surface area contributed by atoms with Crippen LogP contribution in [-0.4, -0.2) is 31.1 Å². The first-order chi connectivity index (χ1) is 14.6. The molecule has 3 rings (SSSR count). The molecule has 0 saturated carbocycles. The smallest absolute Gasteiger partial charge is 0.265 e. The third-order valence-corrected chi connectivity index (χ3v) is 8.08. The molecule has 3 aromatic rings. The molecule has 2 N–H and O–H groups in total. The maximum Gasteiger partial charge on any atom is 0.265 e. The topological polar surface area (TPSA) is 110 Å². The van der Waals surface area contributed by atoms with E-state index in [1.165, 1.54) is 6.07 Å². The lowest BCUT2D eigenvalue weighted by Gasteiger charge is -2.17. The summed E-state index contributed by atoms with van der Waals surface area (Å²) in [5.41, 5.74) is 5.16. The molecule has 2 heterocycles. The summed E-state index contributed by atoms with van der Waals surface area (Å²) in [6.45, 7) is 7.42. The lowest BCUT2D eigenvalue weighted by atomic mass is 9.89. The maximum atomic E-state index is 13.1. The number of nitrogens with one attached hydrogen (secondary N) is 1. The van der Waals surface area contributed by atoms with E-state index in [1.54, 1.807) is 12.3 Å². The van der Waals surface area contributed by atoms with Crippen LogP contribution in [0.2, 0.25) is 5.02 Å². The van der Waals surface area contributed by atoms with Crippen molar-refractivity contribution in [2.24, 2.45) is 0 Å². The number of carbonyl (C=O) groups is 1. The number of carbonyl (C=O) groups excluding carboxylic acids is 1. The zero-order chi connectivity index (χ0) is 22.9. The first kappa shape index (κ1) is 23.5. The van der Waals surface area contributed by atoms with E-state index in [4.69, 9.17) is 16.1 Å². The lowest BCUT2D eigenvalue weighted by molar-refractivity contribution is 0.0993. The van der Waals surface area contributed by atoms with Crippen LogP contribution in [0.25, 0.3) is 0 Å². The Morgan fingerprint density at radius 2 is 1.90 bits per heavy atom. The molecule has 0 aliphatic carbocycles. The van der Waals surface area contributed by atoms with Gasteiger partial charge in [0.05, 0.1) is 4.88 Å². The lowest BCUT2D eigenvalue weighted by Crippen LogP contribution is -2.16. The van der Waals surface area contributed by atoms with E-state index in [-0.39, 0.29) is 39.5 Å². The fourth-order valence-electron chi connectivity index (χ4n) is 3.59. The summed E-state index contributed by atoms with van der Waals surface area (Å²) in [6.07, 6.45) is 0.556. The van der Waals surface area contributed by atoms with Crippen LogP contribution in [0.5, 0.6) is 0 Å². The average Bonchev–Trinajstić information content (AvgIpc) is 3.31. The van der Waals surface area contributed by atoms with Gasteiger partial charge in [0.2, 0.25) is 0 Å². The number of ketones is 1. The van der Waals surface area contributed by atoms with Crippen molar-refractivity contribution in [1.29, 1.82) is 0 Å². The number of hydrogen-bond donors (Lipinski definition) is 2. The highest BCUT2D eigenvalue weighted by Crippen LogP contribution is 2.31. The minimum absolute atomic E-state index is 0.0147. The molecule has 0 aliphatic rings. The van der Waals surface area contributed by atoms with Crippen molar-refractivity contribution in [1.82, 2.24) is 5.16 Å². The van der Waals surface area contributed by atoms with Crippen molar-refractivity contribution in [3.63, 3.8) is 0 Å². The summed E-state index contributed by atoms with van der Waals surface area (Å²) >= 11 is 7.07. The van der Waals surface area contributed by atoms with Gasteiger partial charge in [-0.2, -0.15) is 0 Å². The van der Waals surface area contributed by atoms with Gasteiger partial charge in [-0.3, -0.25) is 4.79 Å². The van der Waals surface area contributed by atoms with Gasteiger partial charge in [0, 0.05) is 13.0 Å². The van der Waals surface area contributed by atoms with Gasteiger partial charge >= 0.3 is 0 Å². The summed E-state index contributed by atoms with van der Waals surface area (Å²) in [5.74, 6) is -0.497. The van der Waals surface area contributed by atoms with Crippen molar-refractivity contribution >= 4 is 44.6 Å². The zero-order valence-corrected chi connectivity index (χ0v) is 20.0. The van der Waals surface area contributed by atoms with Crippen LogP contribution in [0.4, 0.5) is 5.88 Å². The van der Waals surface area contributed by atoms with Gasteiger partial charge in [-0.25, -0.2) is 13.1 Å². The van der Waals surface area contributed by atoms with Gasteiger partial charge in [0.1, 0.15) is 15.6 Å². The van der Waals surface area contributed by atoms with Crippen molar-refractivity contribution in [3.8, 4) is 0 Å². The molecule has 0 fully saturated rings. The number of benzene rings is 1. The van der Waals surface area contributed by atoms with E-state index < -0.39 is 10.0 Å². The number of nitrogens with zero attached hydrogens (tertiary/aromatic N) is 1. The van der Waals surface area contributed by atoms with Crippen LogP contribution in [0, 0.1) is 27.7 Å². The van der Waals surface area contributed by atoms with Crippen molar-refractivity contribution in [2.45, 2.75) is 45.4 Å². The molecule has 0 spiro atoms. The Labute approximate surface area is 190 Å². The molecule has 7 nitrogen and oxygen atoms in total. The Kier molecular flexibility index (Phi) is 6.90. The second kappa shape index (κ2) is 9.12. The normalized spacial score (nSPS) is 11.7. The predicted octanol–water partition coefficient (Wildman–Crippen LogP) is 4.38. The summed E-state index contributed by atoms with van der Waals surface area (Å²) in [4.78, 5) is 13.1. The van der Waals surface area contributed by atoms with Crippen LogP contribution in [0.3, 0.4) is 0 Å². The fourth-order valence-corrected chi connectivity index (χ4v) is 6.15. The number of halogens is 1. The van der Waals surface area contributed by atoms with Gasteiger partial charge < -0.3 is 9.63 Å². The second-order valence-electron chi connectivity index (χ2n) is 7.30. The number of aromatic nitrogens is 1. The number of rotatable bonds is 8. The third kappa shape index (κ3) is 4.69. The van der Waals surface area contributed by atoms with E-state index >= 15 is 0 Å². The van der Waals surface area contributed by atoms with E-state index in [0.29, 0.717) is 12.1 Å². The van der Waals surface area contributed by atoms with Crippen molar-refractivity contribution in [3.05, 3.63) is 60.9 Å². The van der Waals surface area contributed by atoms with E-state index in [1.807, 2.05) is 26.8 Å². The van der Waals surface area contributed by atoms with Crippen molar-refractivity contribution in [2.75, 3.05) is 11.3 Å². The predicted molar refractivity (Wildman–Crippen MR) is 121 cm³/mol. The number of sulfonamides is 1. The van der Waals surface area contributed by atoms with Gasteiger partial charge in [0.15, 0.2) is 5.78 Å². The highest BCUT2D eigenvalue weighted by molar-refractivity contribution is 7.93. The number of hydrogen-bond acceptors (Lipinski definition) is 7. The first-order valence-corrected chi connectivity index (χ1v) is 12.3. The zero-order valence-electron chi connectivity index (χ0n) is 17.6. The molecule has 0 amide bonds. The molecule has 0 saturated heterocycles. The Morgan fingerprint density at radius 3 is 2.52 bits per heavy atom. The molecule has 31 heavy (non-hydrogen) atoms. The molecule has 1 aromatic carbocycles. The van der Waals surface area contributed by atoms with Crippen LogP contribution in [0.15, 0.2) is 26.9 Å². The van der Waals surface area contributed by atoms with Gasteiger partial charge in [-0.05, 0) is 73.4 Å². The standard InChI is InChI=1S/C21H23ClN2O5S2/c1-11-9-12(2)16(13(3)15(11)5-7-25)10-17(26)20-18(6-8-30-20)31(27,28)24-21-19(22)14(4)23-29-21/h6,8-9,24-25H,5,7,10H2,1-4H3. The number of aryl methyl sites for hydroxylation is 3. The molecule has 2 aromatic heterocycles. The Hall–Kier alpha value is -2.20. The summed E-state index contributed by atoms with van der Waals surface area (Å²) in [6, 6.07) is 3.37. The first-order valence-electron chi connectivity index (χ1n) is 9.51. The molecule has 0 unspecified atom stereocenters. The van der Waals surface area contributed by atoms with E-state index in [9.17, 15) is 18.3 Å². The Morgan fingerprint density at radius 1 is 1.23 bits per heavy atom. The van der Waals surface area contributed by atoms with Crippen LogP contribution >= 0.6 is 22.9 Å². The molecule has 0 radical (unpaired) electrons. The molecular formula is C21H23ClN2O5S2. The SMILES string of the molecule is Cc1cc(C)c(CC(=O)c2sccc2S(=O)(=O)Nc2onc(C)c2Cl)c(C)c1CCO. The second-order valence-corrected chi connectivity index (χ2v) is 10.2. The maximum absolute atomic E-state index is 13.1. The van der Waals surface area contributed by atoms with Crippen molar-refractivity contribution < 1.29 is 22.8 Å². The minimum Gasteiger partial charge on any atom is -0.396 e. The molecule has 0 aliphatic heterocycles. The monoisotopic (exact) mass is 482 g/mol. The van der Waals surface area contributed by atoms with Gasteiger partial charge in [-0.1, -0.05) is 22.8 Å². The summed E-state index contributed by atoms with van der Waals surface area (Å²) in [5, 5.41) is 14.6. The molecule has 0 bridgehead atoms. The number of Topliss-reactive ketones (excluding diaryl/α,β-unsaturated/α-hetero) is 1. The number of thiophene rings is 1. The summed E-state index contributed by atoms with van der Waals surface area (Å²) in [7, 11) is -4.10. The fraction of sp³-hybridized carbons (Fsp3) is 0.333. The van der Waals surface area contributed by atoms with Gasteiger partial charge in [-0.15, -0.1) is 11.3 Å². The average molecular weight is 483 g/mol.